The molecule has 0 unspecified atom stereocenters. The largest absolute Gasteiger partial charge is 0.495 e. The molecule has 0 radical (unpaired) electrons. The Morgan fingerprint density at radius 2 is 2.07 bits per heavy atom. The number of benzene rings is 2. The van der Waals surface area contributed by atoms with Gasteiger partial charge in [-0.2, -0.15) is 5.26 Å². The topological polar surface area (TPSA) is 71.3 Å². The summed E-state index contributed by atoms with van der Waals surface area (Å²) in [5, 5.41) is 12.6. The molecule has 0 saturated heterocycles. The minimum atomic E-state index is -0.579. The first kappa shape index (κ1) is 19.9. The lowest BCUT2D eigenvalue weighted by atomic mass is 10.1. The molecule has 2 aromatic rings. The van der Waals surface area contributed by atoms with Gasteiger partial charge >= 0.3 is 0 Å². The molecular formula is C21H17ClN2O3. The van der Waals surface area contributed by atoms with Gasteiger partial charge < -0.3 is 14.8 Å². The highest BCUT2D eigenvalue weighted by Gasteiger charge is 2.15. The minimum absolute atomic E-state index is 0.0835. The lowest BCUT2D eigenvalue weighted by Gasteiger charge is -2.12. The van der Waals surface area contributed by atoms with Gasteiger partial charge in [-0.15, -0.1) is 6.42 Å². The van der Waals surface area contributed by atoms with Gasteiger partial charge in [0.1, 0.15) is 29.7 Å². The van der Waals surface area contributed by atoms with Gasteiger partial charge in [0.25, 0.3) is 5.91 Å². The summed E-state index contributed by atoms with van der Waals surface area (Å²) in [6, 6.07) is 12.2. The van der Waals surface area contributed by atoms with Crippen LogP contribution in [0.3, 0.4) is 0 Å². The number of rotatable bonds is 6. The van der Waals surface area contributed by atoms with Crippen molar-refractivity contribution in [1.29, 1.82) is 5.26 Å². The zero-order valence-electron chi connectivity index (χ0n) is 14.9. The van der Waals surface area contributed by atoms with Crippen LogP contribution < -0.4 is 14.8 Å². The maximum absolute atomic E-state index is 12.6. The van der Waals surface area contributed by atoms with Crippen LogP contribution in [0.15, 0.2) is 42.0 Å². The fourth-order valence-electron chi connectivity index (χ4n) is 2.27. The lowest BCUT2D eigenvalue weighted by molar-refractivity contribution is -0.112. The summed E-state index contributed by atoms with van der Waals surface area (Å²) in [5.41, 5.74) is 1.66. The number of methoxy groups -OCH3 is 1. The van der Waals surface area contributed by atoms with Crippen LogP contribution in [-0.2, 0) is 4.79 Å². The van der Waals surface area contributed by atoms with Crippen molar-refractivity contribution >= 4 is 29.3 Å². The standard InChI is InChI=1S/C21H17ClN2O3/c1-4-9-27-19-8-6-5-7-15(19)11-16(13-23)21(25)24-18-10-14(2)17(22)12-20(18)26-3/h1,5-8,10-12H,9H2,2-3H3,(H,24,25)/b16-11+. The van der Waals surface area contributed by atoms with Gasteiger partial charge in [-0.3, -0.25) is 4.79 Å². The number of nitrogens with one attached hydrogen (secondary N) is 1. The molecule has 0 aliphatic rings. The molecule has 2 rings (SSSR count). The minimum Gasteiger partial charge on any atom is -0.495 e. The highest BCUT2D eigenvalue weighted by atomic mass is 35.5. The van der Waals surface area contributed by atoms with Gasteiger partial charge in [-0.25, -0.2) is 0 Å². The predicted molar refractivity (Wildman–Crippen MR) is 106 cm³/mol. The van der Waals surface area contributed by atoms with E-state index in [2.05, 4.69) is 11.2 Å². The molecule has 1 N–H and O–H groups in total. The number of anilines is 1. The van der Waals surface area contributed by atoms with Crippen LogP contribution in [0.1, 0.15) is 11.1 Å². The molecule has 0 aliphatic carbocycles. The van der Waals surface area contributed by atoms with Gasteiger partial charge in [0.05, 0.1) is 12.8 Å². The Morgan fingerprint density at radius 1 is 1.33 bits per heavy atom. The number of carbonyl (C=O) groups is 1. The van der Waals surface area contributed by atoms with Crippen molar-refractivity contribution in [3.05, 3.63) is 58.1 Å². The number of aryl methyl sites for hydroxylation is 1. The summed E-state index contributed by atoms with van der Waals surface area (Å²) in [6.07, 6.45) is 6.65. The number of amides is 1. The van der Waals surface area contributed by atoms with Crippen molar-refractivity contribution in [2.75, 3.05) is 19.0 Å². The van der Waals surface area contributed by atoms with Crippen LogP contribution in [0.4, 0.5) is 5.69 Å². The first-order chi connectivity index (χ1) is 13.0. The molecule has 0 bridgehead atoms. The normalized spacial score (nSPS) is 10.5. The molecule has 0 atom stereocenters. The Kier molecular flexibility index (Phi) is 6.88. The molecule has 1 amide bonds. The maximum atomic E-state index is 12.6. The molecule has 2 aromatic carbocycles. The Morgan fingerprint density at radius 3 is 2.74 bits per heavy atom. The third kappa shape index (κ3) is 5.04. The smallest absolute Gasteiger partial charge is 0.266 e. The van der Waals surface area contributed by atoms with Crippen molar-refractivity contribution in [3.8, 4) is 29.9 Å². The van der Waals surface area contributed by atoms with E-state index in [1.165, 1.54) is 13.2 Å². The highest BCUT2D eigenvalue weighted by Crippen LogP contribution is 2.31. The van der Waals surface area contributed by atoms with E-state index in [1.807, 2.05) is 6.07 Å². The molecule has 0 aliphatic heterocycles. The van der Waals surface area contributed by atoms with Crippen LogP contribution >= 0.6 is 11.6 Å². The quantitative estimate of drug-likeness (QED) is 0.463. The van der Waals surface area contributed by atoms with Crippen LogP contribution in [0.2, 0.25) is 5.02 Å². The van der Waals surface area contributed by atoms with E-state index in [9.17, 15) is 10.1 Å². The predicted octanol–water partition coefficient (Wildman–Crippen LogP) is 4.21. The van der Waals surface area contributed by atoms with Crippen LogP contribution in [0.25, 0.3) is 6.08 Å². The molecule has 0 spiro atoms. The fourth-order valence-corrected chi connectivity index (χ4v) is 2.43. The van der Waals surface area contributed by atoms with Crippen LogP contribution in [0, 0.1) is 30.6 Å². The summed E-state index contributed by atoms with van der Waals surface area (Å²) in [4.78, 5) is 12.6. The molecule has 5 nitrogen and oxygen atoms in total. The van der Waals surface area contributed by atoms with E-state index in [0.717, 1.165) is 5.56 Å². The second-order valence-corrected chi connectivity index (χ2v) is 5.86. The summed E-state index contributed by atoms with van der Waals surface area (Å²) >= 11 is 6.07. The van der Waals surface area contributed by atoms with Crippen LogP contribution in [-0.4, -0.2) is 19.6 Å². The molecular weight excluding hydrogens is 364 g/mol. The SMILES string of the molecule is C#CCOc1ccccc1/C=C(\C#N)C(=O)Nc1cc(C)c(Cl)cc1OC. The highest BCUT2D eigenvalue weighted by molar-refractivity contribution is 6.31. The molecule has 0 fully saturated rings. The average molecular weight is 381 g/mol. The number of para-hydroxylation sites is 1. The summed E-state index contributed by atoms with van der Waals surface area (Å²) in [7, 11) is 1.47. The molecule has 27 heavy (non-hydrogen) atoms. The van der Waals surface area contributed by atoms with Gasteiger partial charge in [0.2, 0.25) is 0 Å². The van der Waals surface area contributed by atoms with E-state index >= 15 is 0 Å². The molecule has 136 valence electrons. The van der Waals surface area contributed by atoms with Crippen molar-refractivity contribution in [2.45, 2.75) is 6.92 Å². The number of terminal acetylenes is 1. The number of carbonyl (C=O) groups excluding carboxylic acids is 1. The number of hydrogen-bond acceptors (Lipinski definition) is 4. The van der Waals surface area contributed by atoms with Crippen molar-refractivity contribution in [3.63, 3.8) is 0 Å². The van der Waals surface area contributed by atoms with Gasteiger partial charge in [-0.05, 0) is 30.7 Å². The zero-order valence-corrected chi connectivity index (χ0v) is 15.6. The Hall–Kier alpha value is -3.41. The Labute approximate surface area is 163 Å². The van der Waals surface area contributed by atoms with E-state index in [0.29, 0.717) is 27.8 Å². The zero-order chi connectivity index (χ0) is 19.8. The van der Waals surface area contributed by atoms with Crippen molar-refractivity contribution < 1.29 is 14.3 Å². The third-order valence-corrected chi connectivity index (χ3v) is 4.03. The van der Waals surface area contributed by atoms with Gasteiger partial charge in [-0.1, -0.05) is 35.7 Å². The number of ether oxygens (including phenoxy) is 2. The first-order valence-corrected chi connectivity index (χ1v) is 8.30. The number of nitrogens with zero attached hydrogens (tertiary/aromatic N) is 1. The van der Waals surface area contributed by atoms with E-state index in [1.54, 1.807) is 43.3 Å². The van der Waals surface area contributed by atoms with Gasteiger partial charge in [0.15, 0.2) is 0 Å². The number of nitriles is 1. The van der Waals surface area contributed by atoms with Gasteiger partial charge in [0, 0.05) is 16.7 Å². The first-order valence-electron chi connectivity index (χ1n) is 7.92. The second-order valence-electron chi connectivity index (χ2n) is 5.46. The number of hydrogen-bond donors (Lipinski definition) is 1. The average Bonchev–Trinajstić information content (AvgIpc) is 2.67. The third-order valence-electron chi connectivity index (χ3n) is 3.62. The lowest BCUT2D eigenvalue weighted by Crippen LogP contribution is -2.14. The fraction of sp³-hybridized carbons (Fsp3) is 0.143. The summed E-state index contributed by atoms with van der Waals surface area (Å²) in [5.74, 6) is 2.68. The number of halogens is 1. The molecule has 0 aromatic heterocycles. The van der Waals surface area contributed by atoms with Crippen LogP contribution in [0.5, 0.6) is 11.5 Å². The summed E-state index contributed by atoms with van der Waals surface area (Å²) < 4.78 is 10.7. The second kappa shape index (κ2) is 9.33. The summed E-state index contributed by atoms with van der Waals surface area (Å²) in [6.45, 7) is 1.89. The van der Waals surface area contributed by atoms with Crippen molar-refractivity contribution in [2.24, 2.45) is 0 Å². The maximum Gasteiger partial charge on any atom is 0.266 e. The van der Waals surface area contributed by atoms with E-state index in [-0.39, 0.29) is 12.2 Å². The molecule has 0 heterocycles. The molecule has 6 heteroatoms. The Balaban J connectivity index is 2.33. The van der Waals surface area contributed by atoms with Crippen molar-refractivity contribution in [1.82, 2.24) is 0 Å². The Bertz CT molecular complexity index is 968. The van der Waals surface area contributed by atoms with E-state index in [4.69, 9.17) is 27.5 Å². The monoisotopic (exact) mass is 380 g/mol. The molecule has 0 saturated carbocycles. The van der Waals surface area contributed by atoms with E-state index < -0.39 is 5.91 Å².